The predicted octanol–water partition coefficient (Wildman–Crippen LogP) is 4.78. The predicted molar refractivity (Wildman–Crippen MR) is 112 cm³/mol. The third kappa shape index (κ3) is 4.91. The second kappa shape index (κ2) is 9.39. The number of aliphatic hydroxyl groups is 1. The van der Waals surface area contributed by atoms with E-state index in [4.69, 9.17) is 9.47 Å². The summed E-state index contributed by atoms with van der Waals surface area (Å²) in [5, 5.41) is 12.5. The van der Waals surface area contributed by atoms with E-state index in [1.54, 1.807) is 31.4 Å². The standard InChI is InChI=1S/C22H20BrNO4/c1-27-20-12-18(23)11-17(13-25)21(20)28-14-15-6-5-7-16(10-15)22(26)24-19-8-3-2-4-9-19/h2-12,25H,13-14H2,1H3,(H,24,26). The van der Waals surface area contributed by atoms with Crippen LogP contribution in [0, 0.1) is 0 Å². The number of nitrogens with one attached hydrogen (secondary N) is 1. The Morgan fingerprint density at radius 3 is 2.57 bits per heavy atom. The van der Waals surface area contributed by atoms with Gasteiger partial charge in [-0.05, 0) is 42.0 Å². The summed E-state index contributed by atoms with van der Waals surface area (Å²) in [6.07, 6.45) is 0. The van der Waals surface area contributed by atoms with Gasteiger partial charge in [0.1, 0.15) is 6.61 Å². The number of hydrogen-bond donors (Lipinski definition) is 2. The van der Waals surface area contributed by atoms with Gasteiger partial charge in [0.15, 0.2) is 11.5 Å². The molecule has 0 heterocycles. The van der Waals surface area contributed by atoms with Gasteiger partial charge < -0.3 is 19.9 Å². The van der Waals surface area contributed by atoms with Crippen LogP contribution in [0.1, 0.15) is 21.5 Å². The second-order valence-electron chi connectivity index (χ2n) is 6.06. The van der Waals surface area contributed by atoms with Crippen LogP contribution in [0.3, 0.4) is 0 Å². The largest absolute Gasteiger partial charge is 0.493 e. The first kappa shape index (κ1) is 19.9. The van der Waals surface area contributed by atoms with Gasteiger partial charge in [0, 0.05) is 21.3 Å². The van der Waals surface area contributed by atoms with Crippen molar-refractivity contribution in [2.75, 3.05) is 12.4 Å². The van der Waals surface area contributed by atoms with Crippen molar-refractivity contribution in [3.8, 4) is 11.5 Å². The van der Waals surface area contributed by atoms with Gasteiger partial charge in [-0.15, -0.1) is 0 Å². The highest BCUT2D eigenvalue weighted by atomic mass is 79.9. The molecule has 1 amide bonds. The Bertz CT molecular complexity index is 935. The number of carbonyl (C=O) groups is 1. The Labute approximate surface area is 172 Å². The summed E-state index contributed by atoms with van der Waals surface area (Å²) < 4.78 is 12.1. The van der Waals surface area contributed by atoms with Crippen molar-refractivity contribution in [2.24, 2.45) is 0 Å². The number of rotatable bonds is 7. The second-order valence-corrected chi connectivity index (χ2v) is 6.98. The molecule has 144 valence electrons. The fraction of sp³-hybridized carbons (Fsp3) is 0.136. The Morgan fingerprint density at radius 2 is 1.86 bits per heavy atom. The molecule has 0 atom stereocenters. The molecule has 0 fully saturated rings. The third-order valence-corrected chi connectivity index (χ3v) is 4.55. The lowest BCUT2D eigenvalue weighted by Gasteiger charge is -2.15. The SMILES string of the molecule is COc1cc(Br)cc(CO)c1OCc1cccc(C(=O)Nc2ccccc2)c1. The molecule has 0 aliphatic rings. The maximum Gasteiger partial charge on any atom is 0.255 e. The molecule has 2 N–H and O–H groups in total. The van der Waals surface area contributed by atoms with Crippen LogP contribution in [-0.4, -0.2) is 18.1 Å². The quantitative estimate of drug-likeness (QED) is 0.553. The number of carbonyl (C=O) groups excluding carboxylic acids is 1. The van der Waals surface area contributed by atoms with Crippen LogP contribution in [0.25, 0.3) is 0 Å². The topological polar surface area (TPSA) is 67.8 Å². The average molecular weight is 442 g/mol. The van der Waals surface area contributed by atoms with Crippen molar-refractivity contribution in [2.45, 2.75) is 13.2 Å². The summed E-state index contributed by atoms with van der Waals surface area (Å²) in [7, 11) is 1.55. The zero-order valence-corrected chi connectivity index (χ0v) is 16.9. The number of benzene rings is 3. The van der Waals surface area contributed by atoms with Crippen LogP contribution >= 0.6 is 15.9 Å². The number of anilines is 1. The lowest BCUT2D eigenvalue weighted by molar-refractivity contribution is 0.102. The summed E-state index contributed by atoms with van der Waals surface area (Å²) in [5.74, 6) is 0.814. The zero-order valence-electron chi connectivity index (χ0n) is 15.3. The first-order valence-corrected chi connectivity index (χ1v) is 9.45. The van der Waals surface area contributed by atoms with Crippen LogP contribution in [0.5, 0.6) is 11.5 Å². The number of methoxy groups -OCH3 is 1. The molecule has 0 radical (unpaired) electrons. The Balaban J connectivity index is 1.74. The van der Waals surface area contributed by atoms with E-state index in [-0.39, 0.29) is 19.1 Å². The molecule has 3 aromatic rings. The minimum atomic E-state index is -0.190. The van der Waals surface area contributed by atoms with Crippen molar-refractivity contribution in [3.05, 3.63) is 87.9 Å². The van der Waals surface area contributed by atoms with E-state index in [1.165, 1.54) is 0 Å². The molecule has 0 aromatic heterocycles. The Hall–Kier alpha value is -2.83. The fourth-order valence-electron chi connectivity index (χ4n) is 2.74. The summed E-state index contributed by atoms with van der Waals surface area (Å²) in [5.41, 5.74) is 2.72. The van der Waals surface area contributed by atoms with Crippen LogP contribution in [0.15, 0.2) is 71.2 Å². The van der Waals surface area contributed by atoms with E-state index in [0.717, 1.165) is 15.7 Å². The number of amides is 1. The molecular formula is C22H20BrNO4. The van der Waals surface area contributed by atoms with Crippen LogP contribution in [0.2, 0.25) is 0 Å². The van der Waals surface area contributed by atoms with Crippen molar-refractivity contribution in [3.63, 3.8) is 0 Å². The molecule has 0 unspecified atom stereocenters. The zero-order chi connectivity index (χ0) is 19.9. The molecular weight excluding hydrogens is 422 g/mol. The lowest BCUT2D eigenvalue weighted by Crippen LogP contribution is -2.12. The number of aliphatic hydroxyl groups excluding tert-OH is 1. The first-order chi connectivity index (χ1) is 13.6. The monoisotopic (exact) mass is 441 g/mol. The number of para-hydroxylation sites is 1. The smallest absolute Gasteiger partial charge is 0.255 e. The van der Waals surface area contributed by atoms with Crippen LogP contribution < -0.4 is 14.8 Å². The van der Waals surface area contributed by atoms with Crippen molar-refractivity contribution in [1.29, 1.82) is 0 Å². The molecule has 28 heavy (non-hydrogen) atoms. The van der Waals surface area contributed by atoms with E-state index < -0.39 is 0 Å². The molecule has 0 bridgehead atoms. The summed E-state index contributed by atoms with van der Waals surface area (Å²) in [4.78, 5) is 12.5. The molecule has 5 nitrogen and oxygen atoms in total. The molecule has 0 aliphatic heterocycles. The first-order valence-electron chi connectivity index (χ1n) is 8.66. The summed E-state index contributed by atoms with van der Waals surface area (Å²) in [6.45, 7) is 0.0576. The molecule has 0 spiro atoms. The van der Waals surface area contributed by atoms with Gasteiger partial charge in [0.05, 0.1) is 13.7 Å². The molecule has 0 saturated heterocycles. The highest BCUT2D eigenvalue weighted by Crippen LogP contribution is 2.35. The van der Waals surface area contributed by atoms with Gasteiger partial charge in [-0.25, -0.2) is 0 Å². The molecule has 0 saturated carbocycles. The average Bonchev–Trinajstić information content (AvgIpc) is 2.73. The van der Waals surface area contributed by atoms with Gasteiger partial charge in [-0.3, -0.25) is 4.79 Å². The summed E-state index contributed by atoms with van der Waals surface area (Å²) >= 11 is 3.39. The Kier molecular flexibility index (Phi) is 6.68. The lowest BCUT2D eigenvalue weighted by atomic mass is 10.1. The number of hydrogen-bond acceptors (Lipinski definition) is 4. The van der Waals surface area contributed by atoms with Gasteiger partial charge in [0.2, 0.25) is 0 Å². The highest BCUT2D eigenvalue weighted by Gasteiger charge is 2.13. The maximum absolute atomic E-state index is 12.5. The van der Waals surface area contributed by atoms with Crippen LogP contribution in [-0.2, 0) is 13.2 Å². The molecule has 6 heteroatoms. The van der Waals surface area contributed by atoms with Gasteiger partial charge in [-0.1, -0.05) is 46.3 Å². The van der Waals surface area contributed by atoms with Crippen LogP contribution in [0.4, 0.5) is 5.69 Å². The van der Waals surface area contributed by atoms with E-state index in [9.17, 15) is 9.90 Å². The molecule has 3 rings (SSSR count). The highest BCUT2D eigenvalue weighted by molar-refractivity contribution is 9.10. The Morgan fingerprint density at radius 1 is 1.07 bits per heavy atom. The fourth-order valence-corrected chi connectivity index (χ4v) is 3.22. The van der Waals surface area contributed by atoms with Crippen molar-refractivity contribution < 1.29 is 19.4 Å². The summed E-state index contributed by atoms with van der Waals surface area (Å²) in [6, 6.07) is 20.1. The normalized spacial score (nSPS) is 10.4. The van der Waals surface area contributed by atoms with Gasteiger partial charge in [-0.2, -0.15) is 0 Å². The van der Waals surface area contributed by atoms with Gasteiger partial charge >= 0.3 is 0 Å². The molecule has 3 aromatic carbocycles. The maximum atomic E-state index is 12.5. The third-order valence-electron chi connectivity index (χ3n) is 4.09. The van der Waals surface area contributed by atoms with E-state index in [0.29, 0.717) is 22.6 Å². The van der Waals surface area contributed by atoms with Gasteiger partial charge in [0.25, 0.3) is 5.91 Å². The molecule has 0 aliphatic carbocycles. The van der Waals surface area contributed by atoms with Crippen molar-refractivity contribution >= 4 is 27.5 Å². The minimum Gasteiger partial charge on any atom is -0.493 e. The van der Waals surface area contributed by atoms with Crippen molar-refractivity contribution in [1.82, 2.24) is 0 Å². The van der Waals surface area contributed by atoms with E-state index >= 15 is 0 Å². The number of halogens is 1. The number of ether oxygens (including phenoxy) is 2. The minimum absolute atomic E-state index is 0.176. The van der Waals surface area contributed by atoms with E-state index in [1.807, 2.05) is 42.5 Å². The van der Waals surface area contributed by atoms with E-state index in [2.05, 4.69) is 21.2 Å².